The zero-order valence-electron chi connectivity index (χ0n) is 19.0. The van der Waals surface area contributed by atoms with Crippen molar-refractivity contribution in [2.75, 3.05) is 11.6 Å². The van der Waals surface area contributed by atoms with Crippen LogP contribution in [0, 0.1) is 5.92 Å². The van der Waals surface area contributed by atoms with Gasteiger partial charge in [0.25, 0.3) is 0 Å². The molecule has 1 atom stereocenters. The Labute approximate surface area is 207 Å². The Balaban J connectivity index is 1.49. The third kappa shape index (κ3) is 6.43. The summed E-state index contributed by atoms with van der Waals surface area (Å²) in [7, 11) is -3.33. The molecule has 0 unspecified atom stereocenters. The van der Waals surface area contributed by atoms with Crippen molar-refractivity contribution in [2.24, 2.45) is 5.92 Å². The van der Waals surface area contributed by atoms with Gasteiger partial charge in [-0.2, -0.15) is 0 Å². The number of aromatic carboxylic acids is 1. The molecular formula is C24H25N3O6S2. The summed E-state index contributed by atoms with van der Waals surface area (Å²) in [6.07, 6.45) is 10.3. The maximum absolute atomic E-state index is 13.3. The Morgan fingerprint density at radius 1 is 1.17 bits per heavy atom. The summed E-state index contributed by atoms with van der Waals surface area (Å²) in [4.78, 5) is 32.7. The van der Waals surface area contributed by atoms with Gasteiger partial charge in [-0.3, -0.25) is 9.78 Å². The van der Waals surface area contributed by atoms with Gasteiger partial charge < -0.3 is 15.2 Å². The number of carboxylic acid groups (broad SMARTS) is 1. The fourth-order valence-corrected chi connectivity index (χ4v) is 5.51. The molecule has 1 amide bonds. The van der Waals surface area contributed by atoms with Crippen LogP contribution in [0.1, 0.15) is 53.9 Å². The zero-order valence-corrected chi connectivity index (χ0v) is 20.6. The van der Waals surface area contributed by atoms with Crippen LogP contribution in [0.5, 0.6) is 10.8 Å². The summed E-state index contributed by atoms with van der Waals surface area (Å²) in [6, 6.07) is 7.83. The largest absolute Gasteiger partial charge is 0.478 e. The molecule has 2 heterocycles. The van der Waals surface area contributed by atoms with E-state index in [1.165, 1.54) is 36.8 Å². The molecule has 1 aliphatic rings. The van der Waals surface area contributed by atoms with E-state index in [1.54, 1.807) is 12.1 Å². The third-order valence-corrected chi connectivity index (χ3v) is 7.88. The van der Waals surface area contributed by atoms with Crippen molar-refractivity contribution in [3.05, 3.63) is 60.0 Å². The molecule has 2 aromatic heterocycles. The minimum atomic E-state index is -3.33. The first kappa shape index (κ1) is 24.8. The molecule has 11 heteroatoms. The van der Waals surface area contributed by atoms with Crippen LogP contribution in [0.2, 0.25) is 0 Å². The van der Waals surface area contributed by atoms with Crippen LogP contribution in [0.3, 0.4) is 0 Å². The van der Waals surface area contributed by atoms with E-state index >= 15 is 0 Å². The lowest BCUT2D eigenvalue weighted by atomic mass is 9.87. The van der Waals surface area contributed by atoms with Gasteiger partial charge in [0, 0.05) is 12.5 Å². The van der Waals surface area contributed by atoms with Crippen LogP contribution in [0.15, 0.2) is 53.8 Å². The second kappa shape index (κ2) is 10.5. The van der Waals surface area contributed by atoms with Gasteiger partial charge in [0.1, 0.15) is 5.75 Å². The number of carbonyl (C=O) groups is 2. The molecule has 1 saturated carbocycles. The summed E-state index contributed by atoms with van der Waals surface area (Å²) < 4.78 is 29.3. The minimum absolute atomic E-state index is 0.00260. The second-order valence-corrected chi connectivity index (χ2v) is 11.6. The Hall–Kier alpha value is -3.31. The lowest BCUT2D eigenvalue weighted by Gasteiger charge is -2.20. The average Bonchev–Trinajstić information content (AvgIpc) is 3.49. The topological polar surface area (TPSA) is 136 Å². The summed E-state index contributed by atoms with van der Waals surface area (Å²) in [6.45, 7) is 0. The summed E-state index contributed by atoms with van der Waals surface area (Å²) in [5.74, 6) is -1.10. The molecule has 1 fully saturated rings. The molecule has 0 aliphatic heterocycles. The minimum Gasteiger partial charge on any atom is -0.478 e. The van der Waals surface area contributed by atoms with Crippen molar-refractivity contribution in [2.45, 2.75) is 42.9 Å². The number of carboxylic acids is 1. The van der Waals surface area contributed by atoms with Gasteiger partial charge in [-0.15, -0.1) is 0 Å². The van der Waals surface area contributed by atoms with Gasteiger partial charge in [-0.1, -0.05) is 49.2 Å². The number of pyridine rings is 1. The van der Waals surface area contributed by atoms with E-state index in [1.807, 2.05) is 0 Å². The molecule has 0 saturated heterocycles. The third-order valence-electron chi connectivity index (χ3n) is 5.96. The smallest absolute Gasteiger partial charge is 0.337 e. The highest BCUT2D eigenvalue weighted by Gasteiger charge is 2.27. The molecule has 9 nitrogen and oxygen atoms in total. The maximum Gasteiger partial charge on any atom is 0.337 e. The number of anilines is 1. The molecule has 184 valence electrons. The Morgan fingerprint density at radius 3 is 2.54 bits per heavy atom. The van der Waals surface area contributed by atoms with Gasteiger partial charge in [0.2, 0.25) is 11.0 Å². The first-order valence-electron chi connectivity index (χ1n) is 11.1. The van der Waals surface area contributed by atoms with E-state index in [4.69, 9.17) is 9.84 Å². The number of hydrogen-bond acceptors (Lipinski definition) is 8. The van der Waals surface area contributed by atoms with Crippen molar-refractivity contribution in [3.63, 3.8) is 0 Å². The van der Waals surface area contributed by atoms with Gasteiger partial charge in [-0.05, 0) is 36.1 Å². The van der Waals surface area contributed by atoms with Crippen LogP contribution >= 0.6 is 11.3 Å². The van der Waals surface area contributed by atoms with E-state index in [-0.39, 0.29) is 22.1 Å². The number of thiazole rings is 1. The fraction of sp³-hybridized carbons (Fsp3) is 0.333. The summed E-state index contributed by atoms with van der Waals surface area (Å²) in [5.41, 5.74) is 0.753. The number of nitrogens with zero attached hydrogens (tertiary/aromatic N) is 2. The predicted molar refractivity (Wildman–Crippen MR) is 131 cm³/mol. The second-order valence-electron chi connectivity index (χ2n) is 8.57. The molecule has 1 aromatic carbocycles. The first-order valence-corrected chi connectivity index (χ1v) is 13.8. The SMILES string of the molecule is CS(=O)(=O)c1ccc([C@@H](CC2CCCC2)C(=O)Nc2ncc(Oc3cncc(C(=O)O)c3)s2)cc1. The number of hydrogen-bond donors (Lipinski definition) is 2. The van der Waals surface area contributed by atoms with E-state index in [0.717, 1.165) is 48.8 Å². The van der Waals surface area contributed by atoms with Gasteiger partial charge in [0.15, 0.2) is 15.0 Å². The van der Waals surface area contributed by atoms with Crippen LogP contribution in [-0.2, 0) is 14.6 Å². The Kier molecular flexibility index (Phi) is 7.46. The summed E-state index contributed by atoms with van der Waals surface area (Å²) >= 11 is 1.11. The normalized spacial score (nSPS) is 15.0. The van der Waals surface area contributed by atoms with Crippen LogP contribution in [0.4, 0.5) is 5.13 Å². The number of rotatable bonds is 9. The lowest BCUT2D eigenvalue weighted by Crippen LogP contribution is -2.23. The highest BCUT2D eigenvalue weighted by Crippen LogP contribution is 2.36. The van der Waals surface area contributed by atoms with Crippen molar-refractivity contribution in [3.8, 4) is 10.8 Å². The molecule has 4 rings (SSSR count). The Morgan fingerprint density at radius 2 is 1.89 bits per heavy atom. The number of nitrogens with one attached hydrogen (secondary N) is 1. The number of benzene rings is 1. The van der Waals surface area contributed by atoms with Gasteiger partial charge >= 0.3 is 5.97 Å². The standard InChI is InChI=1S/C24H25N3O6S2/c1-35(31,32)19-8-6-16(7-9-19)20(10-15-4-2-3-5-15)22(28)27-24-26-14-21(34-24)33-18-11-17(23(29)30)12-25-13-18/h6-9,11-15,20H,2-5,10H2,1H3,(H,29,30)(H,26,27,28)/t20-/m1/s1. The number of sulfone groups is 1. The highest BCUT2D eigenvalue weighted by molar-refractivity contribution is 7.90. The van der Waals surface area contributed by atoms with Crippen molar-refractivity contribution in [1.82, 2.24) is 9.97 Å². The molecular weight excluding hydrogens is 490 g/mol. The number of carbonyl (C=O) groups excluding carboxylic acids is 1. The van der Waals surface area contributed by atoms with Crippen molar-refractivity contribution in [1.29, 1.82) is 0 Å². The molecule has 0 spiro atoms. The summed E-state index contributed by atoms with van der Waals surface area (Å²) in [5, 5.41) is 12.7. The number of aromatic nitrogens is 2. The predicted octanol–water partition coefficient (Wildman–Crippen LogP) is 4.73. The molecule has 0 radical (unpaired) electrons. The van der Waals surface area contributed by atoms with Gasteiger partial charge in [-0.25, -0.2) is 18.2 Å². The van der Waals surface area contributed by atoms with E-state index in [0.29, 0.717) is 22.5 Å². The van der Waals surface area contributed by atoms with E-state index in [9.17, 15) is 18.0 Å². The van der Waals surface area contributed by atoms with Crippen LogP contribution < -0.4 is 10.1 Å². The maximum atomic E-state index is 13.3. The molecule has 2 N–H and O–H groups in total. The quantitative estimate of drug-likeness (QED) is 0.417. The Bertz CT molecular complexity index is 1320. The van der Waals surface area contributed by atoms with Crippen molar-refractivity contribution < 1.29 is 27.9 Å². The van der Waals surface area contributed by atoms with Gasteiger partial charge in [0.05, 0.1) is 28.8 Å². The molecule has 35 heavy (non-hydrogen) atoms. The zero-order chi connectivity index (χ0) is 25.0. The van der Waals surface area contributed by atoms with Crippen LogP contribution in [0.25, 0.3) is 0 Å². The van der Waals surface area contributed by atoms with Crippen LogP contribution in [-0.4, -0.2) is 41.6 Å². The van der Waals surface area contributed by atoms with Crippen molar-refractivity contribution >= 4 is 38.2 Å². The lowest BCUT2D eigenvalue weighted by molar-refractivity contribution is -0.118. The molecule has 3 aromatic rings. The average molecular weight is 516 g/mol. The monoisotopic (exact) mass is 515 g/mol. The van der Waals surface area contributed by atoms with E-state index < -0.39 is 21.7 Å². The first-order chi connectivity index (χ1) is 16.7. The molecule has 0 bridgehead atoms. The number of amides is 1. The highest BCUT2D eigenvalue weighted by atomic mass is 32.2. The fourth-order valence-electron chi connectivity index (χ4n) is 4.19. The molecule has 1 aliphatic carbocycles. The number of ether oxygens (including phenoxy) is 1. The van der Waals surface area contributed by atoms with E-state index in [2.05, 4.69) is 15.3 Å².